The number of likely N-dealkylation sites (N-methyl/N-ethyl adjacent to an activating group) is 1. The summed E-state index contributed by atoms with van der Waals surface area (Å²) in [6.07, 6.45) is 0.0811. The first-order valence-electron chi connectivity index (χ1n) is 6.42. The van der Waals surface area contributed by atoms with Crippen LogP contribution < -0.4 is 4.90 Å². The summed E-state index contributed by atoms with van der Waals surface area (Å²) in [6.45, 7) is 2.78. The van der Waals surface area contributed by atoms with Gasteiger partial charge in [0.15, 0.2) is 0 Å². The largest absolute Gasteiger partial charge is 0.373 e. The fourth-order valence-electron chi connectivity index (χ4n) is 2.37. The number of nitrogens with zero attached hydrogens (tertiary/aromatic N) is 3. The number of anilines is 1. The maximum atomic E-state index is 11.2. The molecule has 1 aliphatic heterocycles. The second-order valence-corrected chi connectivity index (χ2v) is 6.34. The summed E-state index contributed by atoms with van der Waals surface area (Å²) in [6, 6.07) is 5.35. The SMILES string of the molecule is CN(C)CC1CN(c2ccc(I)cc2[N+](=O)[O-])CCO1. The van der Waals surface area contributed by atoms with Crippen LogP contribution in [0.25, 0.3) is 0 Å². The zero-order chi connectivity index (χ0) is 14.7. The third-order valence-corrected chi connectivity index (χ3v) is 3.85. The van der Waals surface area contributed by atoms with Gasteiger partial charge in [0, 0.05) is 29.3 Å². The maximum Gasteiger partial charge on any atom is 0.293 e. The second kappa shape index (κ2) is 6.68. The van der Waals surface area contributed by atoms with E-state index >= 15 is 0 Å². The Kier molecular flexibility index (Phi) is 5.17. The molecule has 1 unspecified atom stereocenters. The highest BCUT2D eigenvalue weighted by Gasteiger charge is 2.26. The standard InChI is InChI=1S/C13H18IN3O3/c1-15(2)8-11-9-16(5-6-20-11)12-4-3-10(14)7-13(12)17(18)19/h3-4,7,11H,5-6,8-9H2,1-2H3. The molecule has 0 aromatic heterocycles. The number of ether oxygens (including phenoxy) is 1. The third kappa shape index (κ3) is 3.80. The van der Waals surface area contributed by atoms with E-state index in [1.807, 2.05) is 31.1 Å². The maximum absolute atomic E-state index is 11.2. The lowest BCUT2D eigenvalue weighted by Gasteiger charge is -2.35. The average molecular weight is 391 g/mol. The molecule has 0 amide bonds. The van der Waals surface area contributed by atoms with E-state index in [1.165, 1.54) is 0 Å². The van der Waals surface area contributed by atoms with Crippen LogP contribution in [0.3, 0.4) is 0 Å². The average Bonchev–Trinajstić information content (AvgIpc) is 2.38. The molecule has 1 fully saturated rings. The predicted molar refractivity (Wildman–Crippen MR) is 86.3 cm³/mol. The molecule has 0 aliphatic carbocycles. The molecular formula is C13H18IN3O3. The molecular weight excluding hydrogens is 373 g/mol. The van der Waals surface area contributed by atoms with Gasteiger partial charge < -0.3 is 14.5 Å². The van der Waals surface area contributed by atoms with Crippen molar-refractivity contribution in [3.05, 3.63) is 31.9 Å². The first kappa shape index (κ1) is 15.5. The van der Waals surface area contributed by atoms with Gasteiger partial charge in [-0.25, -0.2) is 0 Å². The van der Waals surface area contributed by atoms with Crippen molar-refractivity contribution in [1.29, 1.82) is 0 Å². The van der Waals surface area contributed by atoms with Crippen molar-refractivity contribution >= 4 is 34.0 Å². The molecule has 7 heteroatoms. The number of morpholine rings is 1. The minimum atomic E-state index is -0.312. The lowest BCUT2D eigenvalue weighted by Crippen LogP contribution is -2.46. The Balaban J connectivity index is 2.20. The Hall–Kier alpha value is -0.930. The minimum absolute atomic E-state index is 0.0811. The predicted octanol–water partition coefficient (Wildman–Crippen LogP) is 1.97. The normalized spacial score (nSPS) is 19.4. The van der Waals surface area contributed by atoms with Crippen molar-refractivity contribution in [2.75, 3.05) is 45.2 Å². The molecule has 0 spiro atoms. The number of rotatable bonds is 4. The summed E-state index contributed by atoms with van der Waals surface area (Å²) in [5.41, 5.74) is 0.852. The summed E-state index contributed by atoms with van der Waals surface area (Å²) in [5, 5.41) is 11.2. The van der Waals surface area contributed by atoms with E-state index in [4.69, 9.17) is 4.74 Å². The molecule has 20 heavy (non-hydrogen) atoms. The molecule has 6 nitrogen and oxygen atoms in total. The van der Waals surface area contributed by atoms with Gasteiger partial charge in [-0.2, -0.15) is 0 Å². The van der Waals surface area contributed by atoms with Crippen LogP contribution in [-0.4, -0.2) is 56.3 Å². The van der Waals surface area contributed by atoms with Crippen molar-refractivity contribution in [3.63, 3.8) is 0 Å². The first-order chi connectivity index (χ1) is 9.47. The van der Waals surface area contributed by atoms with E-state index < -0.39 is 0 Å². The second-order valence-electron chi connectivity index (χ2n) is 5.09. The van der Waals surface area contributed by atoms with Crippen LogP contribution >= 0.6 is 22.6 Å². The molecule has 1 aliphatic rings. The zero-order valence-electron chi connectivity index (χ0n) is 11.6. The Labute approximate surface area is 132 Å². The summed E-state index contributed by atoms with van der Waals surface area (Å²) in [7, 11) is 3.99. The van der Waals surface area contributed by atoms with Crippen molar-refractivity contribution in [1.82, 2.24) is 4.90 Å². The van der Waals surface area contributed by atoms with Gasteiger partial charge in [0.2, 0.25) is 0 Å². The fourth-order valence-corrected chi connectivity index (χ4v) is 2.84. The Bertz CT molecular complexity index is 496. The summed E-state index contributed by atoms with van der Waals surface area (Å²) < 4.78 is 6.58. The fraction of sp³-hybridized carbons (Fsp3) is 0.538. The molecule has 0 radical (unpaired) electrons. The number of benzene rings is 1. The topological polar surface area (TPSA) is 58.9 Å². The summed E-state index contributed by atoms with van der Waals surface area (Å²) >= 11 is 2.09. The van der Waals surface area contributed by atoms with E-state index in [1.54, 1.807) is 6.07 Å². The lowest BCUT2D eigenvalue weighted by atomic mass is 10.2. The van der Waals surface area contributed by atoms with Crippen LogP contribution in [0.15, 0.2) is 18.2 Å². The van der Waals surface area contributed by atoms with E-state index in [0.29, 0.717) is 25.4 Å². The Morgan fingerprint density at radius 3 is 2.95 bits per heavy atom. The van der Waals surface area contributed by atoms with Gasteiger partial charge in [-0.05, 0) is 48.8 Å². The minimum Gasteiger partial charge on any atom is -0.373 e. The molecule has 1 atom stereocenters. The summed E-state index contributed by atoms with van der Waals surface area (Å²) in [4.78, 5) is 15.0. The number of hydrogen-bond acceptors (Lipinski definition) is 5. The third-order valence-electron chi connectivity index (χ3n) is 3.18. The van der Waals surface area contributed by atoms with E-state index in [2.05, 4.69) is 27.5 Å². The van der Waals surface area contributed by atoms with Crippen molar-refractivity contribution < 1.29 is 9.66 Å². The molecule has 1 aromatic carbocycles. The molecule has 0 saturated carbocycles. The van der Waals surface area contributed by atoms with Gasteiger partial charge in [0.1, 0.15) is 5.69 Å². The molecule has 0 bridgehead atoms. The van der Waals surface area contributed by atoms with Gasteiger partial charge in [-0.1, -0.05) is 0 Å². The van der Waals surface area contributed by atoms with Gasteiger partial charge in [0.25, 0.3) is 5.69 Å². The quantitative estimate of drug-likeness (QED) is 0.446. The zero-order valence-corrected chi connectivity index (χ0v) is 13.7. The highest BCUT2D eigenvalue weighted by molar-refractivity contribution is 14.1. The van der Waals surface area contributed by atoms with E-state index in [9.17, 15) is 10.1 Å². The van der Waals surface area contributed by atoms with Gasteiger partial charge in [-0.3, -0.25) is 10.1 Å². The van der Waals surface area contributed by atoms with Crippen LogP contribution in [0.1, 0.15) is 0 Å². The van der Waals surface area contributed by atoms with Crippen molar-refractivity contribution in [2.45, 2.75) is 6.10 Å². The van der Waals surface area contributed by atoms with Crippen LogP contribution in [0, 0.1) is 13.7 Å². The van der Waals surface area contributed by atoms with Crippen molar-refractivity contribution in [2.24, 2.45) is 0 Å². The van der Waals surface area contributed by atoms with Crippen LogP contribution in [0.5, 0.6) is 0 Å². The number of hydrogen-bond donors (Lipinski definition) is 0. The number of halogens is 1. The smallest absolute Gasteiger partial charge is 0.293 e. The van der Waals surface area contributed by atoms with E-state index in [-0.39, 0.29) is 16.7 Å². The molecule has 0 N–H and O–H groups in total. The van der Waals surface area contributed by atoms with Crippen molar-refractivity contribution in [3.8, 4) is 0 Å². The number of nitro benzene ring substituents is 1. The van der Waals surface area contributed by atoms with E-state index in [0.717, 1.165) is 10.1 Å². The first-order valence-corrected chi connectivity index (χ1v) is 7.50. The molecule has 110 valence electrons. The molecule has 2 rings (SSSR count). The summed E-state index contributed by atoms with van der Waals surface area (Å²) in [5.74, 6) is 0. The molecule has 1 saturated heterocycles. The number of nitro groups is 1. The Morgan fingerprint density at radius 1 is 1.55 bits per heavy atom. The van der Waals surface area contributed by atoms with Crippen LogP contribution in [0.4, 0.5) is 11.4 Å². The van der Waals surface area contributed by atoms with Gasteiger partial charge in [-0.15, -0.1) is 0 Å². The highest BCUT2D eigenvalue weighted by Crippen LogP contribution is 2.31. The Morgan fingerprint density at radius 2 is 2.30 bits per heavy atom. The highest BCUT2D eigenvalue weighted by atomic mass is 127. The molecule has 1 heterocycles. The monoisotopic (exact) mass is 391 g/mol. The van der Waals surface area contributed by atoms with Crippen LogP contribution in [-0.2, 0) is 4.74 Å². The molecule has 1 aromatic rings. The van der Waals surface area contributed by atoms with Crippen LogP contribution in [0.2, 0.25) is 0 Å². The van der Waals surface area contributed by atoms with Gasteiger partial charge in [0.05, 0.1) is 17.6 Å². The van der Waals surface area contributed by atoms with Gasteiger partial charge >= 0.3 is 0 Å². The lowest BCUT2D eigenvalue weighted by molar-refractivity contribution is -0.384.